The lowest BCUT2D eigenvalue weighted by Crippen LogP contribution is -2.45. The fourth-order valence-electron chi connectivity index (χ4n) is 9.97. The maximum atomic E-state index is 2.87. The molecule has 5 aliphatic carbocycles. The molecule has 9 unspecified atom stereocenters. The lowest BCUT2D eigenvalue weighted by Gasteiger charge is -2.43. The molecule has 222 valence electrons. The Morgan fingerprint density at radius 3 is 2.30 bits per heavy atom. The van der Waals surface area contributed by atoms with Crippen molar-refractivity contribution in [3.05, 3.63) is 144 Å². The van der Waals surface area contributed by atoms with Gasteiger partial charge >= 0.3 is 0 Å². The first-order valence-corrected chi connectivity index (χ1v) is 17.3. The van der Waals surface area contributed by atoms with Gasteiger partial charge in [0.05, 0.1) is 6.04 Å². The first-order valence-electron chi connectivity index (χ1n) is 17.3. The molecule has 2 heterocycles. The molecule has 9 atom stereocenters. The van der Waals surface area contributed by atoms with E-state index < -0.39 is 0 Å². The summed E-state index contributed by atoms with van der Waals surface area (Å²) < 4.78 is 0. The van der Waals surface area contributed by atoms with E-state index in [0.29, 0.717) is 53.8 Å². The van der Waals surface area contributed by atoms with Gasteiger partial charge in [0.25, 0.3) is 0 Å². The van der Waals surface area contributed by atoms with Crippen molar-refractivity contribution in [2.75, 3.05) is 4.90 Å². The normalized spacial score (nSPS) is 36.4. The lowest BCUT2D eigenvalue weighted by molar-refractivity contribution is 0.202. The van der Waals surface area contributed by atoms with E-state index in [2.05, 4.69) is 137 Å². The Hall–Kier alpha value is -3.78. The molecule has 0 amide bonds. The van der Waals surface area contributed by atoms with Crippen molar-refractivity contribution >= 4 is 11.3 Å². The third-order valence-electron chi connectivity index (χ3n) is 12.0. The van der Waals surface area contributed by atoms with Crippen LogP contribution in [0.15, 0.2) is 133 Å². The molecule has 44 heavy (non-hydrogen) atoms. The summed E-state index contributed by atoms with van der Waals surface area (Å²) in [5.41, 5.74) is 7.42. The van der Waals surface area contributed by atoms with Gasteiger partial charge in [0.1, 0.15) is 0 Å². The van der Waals surface area contributed by atoms with Gasteiger partial charge in [-0.2, -0.15) is 0 Å². The summed E-state index contributed by atoms with van der Waals surface area (Å²) in [6.07, 6.45) is 38.5. The van der Waals surface area contributed by atoms with Crippen molar-refractivity contribution in [3.63, 3.8) is 0 Å². The summed E-state index contributed by atoms with van der Waals surface area (Å²) in [6, 6.07) is 22.4. The van der Waals surface area contributed by atoms with Crippen LogP contribution >= 0.6 is 0 Å². The zero-order valence-corrected chi connectivity index (χ0v) is 25.7. The summed E-state index contributed by atoms with van der Waals surface area (Å²) >= 11 is 0. The summed E-state index contributed by atoms with van der Waals surface area (Å²) in [6.45, 7) is 0. The van der Waals surface area contributed by atoms with Crippen LogP contribution in [0.25, 0.3) is 5.57 Å². The van der Waals surface area contributed by atoms with Crippen LogP contribution in [0.1, 0.15) is 62.0 Å². The van der Waals surface area contributed by atoms with Crippen LogP contribution in [0.4, 0.5) is 5.69 Å². The Labute approximate surface area is 263 Å². The summed E-state index contributed by atoms with van der Waals surface area (Å²) in [5, 5.41) is 0. The van der Waals surface area contributed by atoms with Gasteiger partial charge in [0, 0.05) is 47.3 Å². The van der Waals surface area contributed by atoms with Gasteiger partial charge < -0.3 is 9.80 Å². The van der Waals surface area contributed by atoms with Gasteiger partial charge in [-0.1, -0.05) is 115 Å². The Balaban J connectivity index is 1.00. The molecule has 2 aromatic rings. The number of anilines is 1. The molecule has 2 aliphatic heterocycles. The minimum atomic E-state index is 0.473. The van der Waals surface area contributed by atoms with E-state index >= 15 is 0 Å². The highest BCUT2D eigenvalue weighted by Gasteiger charge is 2.50. The zero-order valence-electron chi connectivity index (χ0n) is 25.7. The highest BCUT2D eigenvalue weighted by atomic mass is 15.2. The van der Waals surface area contributed by atoms with Crippen molar-refractivity contribution in [1.82, 2.24) is 4.90 Å². The van der Waals surface area contributed by atoms with E-state index in [4.69, 9.17) is 0 Å². The van der Waals surface area contributed by atoms with E-state index in [0.717, 1.165) is 12.8 Å². The molecule has 2 nitrogen and oxygen atoms in total. The third-order valence-corrected chi connectivity index (χ3v) is 12.0. The average molecular weight is 577 g/mol. The fourth-order valence-corrected chi connectivity index (χ4v) is 9.97. The van der Waals surface area contributed by atoms with E-state index in [-0.39, 0.29) is 0 Å². The molecular weight excluding hydrogens is 532 g/mol. The Bertz CT molecular complexity index is 1620. The molecule has 2 aromatic carbocycles. The van der Waals surface area contributed by atoms with Gasteiger partial charge in [-0.15, -0.1) is 0 Å². The Kier molecular flexibility index (Phi) is 6.64. The van der Waals surface area contributed by atoms with Crippen molar-refractivity contribution in [2.45, 2.75) is 75.0 Å². The largest absolute Gasteiger partial charge is 0.364 e. The zero-order chi connectivity index (χ0) is 29.0. The number of rotatable bonds is 4. The molecule has 2 heteroatoms. The number of likely N-dealkylation sites (tertiary alicyclic amines) is 1. The predicted octanol–water partition coefficient (Wildman–Crippen LogP) is 9.39. The van der Waals surface area contributed by atoms with Crippen LogP contribution in [-0.2, 0) is 0 Å². The number of hydrogen-bond acceptors (Lipinski definition) is 2. The van der Waals surface area contributed by atoms with Gasteiger partial charge in [-0.25, -0.2) is 0 Å². The second kappa shape index (κ2) is 11.0. The van der Waals surface area contributed by atoms with E-state index in [1.165, 1.54) is 48.9 Å². The maximum Gasteiger partial charge on any atom is 0.0545 e. The van der Waals surface area contributed by atoms with E-state index in [1.807, 2.05) is 0 Å². The minimum absolute atomic E-state index is 0.473. The standard InChI is InChI=1S/C42H44N2/c1-3-11-29(12-4-1)30-19-23-34(24-20-30)44-40-18-10-8-16-36(40)38-26-22-32(28-42(38)44)31-21-25-37-35-15-7-9-17-39(35)43(41(37)27-31)33-13-5-2-6-14-33/h1,3-5,7-13,15-19,21-23,25-26,31-33,36-38,40-42H,2,6,14,20,24,27-28H2. The number of hydrogen-bond donors (Lipinski definition) is 0. The quantitative estimate of drug-likeness (QED) is 0.335. The second-order valence-electron chi connectivity index (χ2n) is 14.2. The number of para-hydroxylation sites is 1. The molecule has 9 rings (SSSR count). The van der Waals surface area contributed by atoms with Gasteiger partial charge in [-0.05, 0) is 85.6 Å². The molecule has 7 aliphatic rings. The summed E-state index contributed by atoms with van der Waals surface area (Å²) in [7, 11) is 0. The number of allylic oxidation sites excluding steroid dienone is 9. The average Bonchev–Trinajstić information content (AvgIpc) is 3.61. The first-order chi connectivity index (χ1) is 21.8. The SMILES string of the molecule is C1=CC2C3C=CC(C4C=CC5c6ccccc6N(C6C=CCCC6)C5C4)CC3N(C3=CC=C(c4ccccc4)CC3)C2C=C1. The Morgan fingerprint density at radius 2 is 1.45 bits per heavy atom. The number of benzene rings is 2. The number of fused-ring (bicyclic) bond motifs is 6. The molecule has 0 N–H and O–H groups in total. The Morgan fingerprint density at radius 1 is 0.636 bits per heavy atom. The van der Waals surface area contributed by atoms with Crippen LogP contribution in [0.3, 0.4) is 0 Å². The highest BCUT2D eigenvalue weighted by Crippen LogP contribution is 2.53. The van der Waals surface area contributed by atoms with Crippen molar-refractivity contribution in [3.8, 4) is 0 Å². The van der Waals surface area contributed by atoms with Crippen LogP contribution in [0.5, 0.6) is 0 Å². The van der Waals surface area contributed by atoms with Crippen LogP contribution in [0, 0.1) is 23.7 Å². The van der Waals surface area contributed by atoms with Gasteiger partial charge in [-0.3, -0.25) is 0 Å². The van der Waals surface area contributed by atoms with Crippen LogP contribution in [-0.4, -0.2) is 29.1 Å². The molecule has 0 aromatic heterocycles. The minimum Gasteiger partial charge on any atom is -0.364 e. The van der Waals surface area contributed by atoms with Gasteiger partial charge in [0.15, 0.2) is 0 Å². The van der Waals surface area contributed by atoms with Crippen molar-refractivity contribution in [1.29, 1.82) is 0 Å². The third kappa shape index (κ3) is 4.36. The fraction of sp³-hybridized carbons (Fsp3) is 0.381. The molecule has 0 radical (unpaired) electrons. The van der Waals surface area contributed by atoms with Crippen molar-refractivity contribution < 1.29 is 0 Å². The molecule has 1 fully saturated rings. The summed E-state index contributed by atoms with van der Waals surface area (Å²) in [5.74, 6) is 2.89. The smallest absolute Gasteiger partial charge is 0.0545 e. The summed E-state index contributed by atoms with van der Waals surface area (Å²) in [4.78, 5) is 5.70. The molecular formula is C42H44N2. The highest BCUT2D eigenvalue weighted by molar-refractivity contribution is 5.69. The van der Waals surface area contributed by atoms with E-state index in [9.17, 15) is 0 Å². The van der Waals surface area contributed by atoms with E-state index in [1.54, 1.807) is 11.3 Å². The monoisotopic (exact) mass is 576 g/mol. The van der Waals surface area contributed by atoms with Crippen molar-refractivity contribution in [2.24, 2.45) is 23.7 Å². The molecule has 0 spiro atoms. The van der Waals surface area contributed by atoms with Gasteiger partial charge in [0.2, 0.25) is 0 Å². The molecule has 0 saturated carbocycles. The molecule has 0 bridgehead atoms. The lowest BCUT2D eigenvalue weighted by atomic mass is 9.70. The topological polar surface area (TPSA) is 6.48 Å². The maximum absolute atomic E-state index is 2.87. The first kappa shape index (κ1) is 26.6. The predicted molar refractivity (Wildman–Crippen MR) is 183 cm³/mol. The number of nitrogens with zero attached hydrogens (tertiary/aromatic N) is 2. The van der Waals surface area contributed by atoms with Crippen LogP contribution in [0.2, 0.25) is 0 Å². The molecule has 1 saturated heterocycles. The second-order valence-corrected chi connectivity index (χ2v) is 14.2. The van der Waals surface area contributed by atoms with Crippen LogP contribution < -0.4 is 4.90 Å².